The predicted molar refractivity (Wildman–Crippen MR) is 72.3 cm³/mol. The van der Waals surface area contributed by atoms with Crippen molar-refractivity contribution in [2.75, 3.05) is 6.61 Å². The SMILES string of the molecule is CCOC(=O)c1ccc([N+](=O)[O-])c(-c2cccnc2)c1. The standard InChI is InChI=1S/C14H12N2O4/c1-2-20-14(17)10-5-6-13(16(18)19)12(8-10)11-4-3-7-15-9-11/h3-9H,2H2,1H3. The monoisotopic (exact) mass is 272 g/mol. The van der Waals surface area contributed by atoms with Crippen LogP contribution in [0.1, 0.15) is 17.3 Å². The van der Waals surface area contributed by atoms with Gasteiger partial charge < -0.3 is 4.74 Å². The van der Waals surface area contributed by atoms with Gasteiger partial charge in [-0.3, -0.25) is 15.1 Å². The van der Waals surface area contributed by atoms with E-state index in [1.165, 1.54) is 24.4 Å². The summed E-state index contributed by atoms with van der Waals surface area (Å²) >= 11 is 0. The molecule has 1 aromatic heterocycles. The summed E-state index contributed by atoms with van der Waals surface area (Å²) in [5.74, 6) is -0.507. The van der Waals surface area contributed by atoms with Crippen LogP contribution in [0.25, 0.3) is 11.1 Å². The molecule has 0 aliphatic heterocycles. The normalized spacial score (nSPS) is 10.1. The molecule has 0 aliphatic rings. The zero-order valence-corrected chi connectivity index (χ0v) is 10.8. The first-order valence-electron chi connectivity index (χ1n) is 5.99. The Morgan fingerprint density at radius 3 is 2.80 bits per heavy atom. The highest BCUT2D eigenvalue weighted by Gasteiger charge is 2.18. The summed E-state index contributed by atoms with van der Waals surface area (Å²) in [5.41, 5.74) is 1.11. The fourth-order valence-electron chi connectivity index (χ4n) is 1.79. The van der Waals surface area contributed by atoms with E-state index in [9.17, 15) is 14.9 Å². The molecule has 1 heterocycles. The van der Waals surface area contributed by atoms with Crippen molar-refractivity contribution in [3.63, 3.8) is 0 Å². The van der Waals surface area contributed by atoms with Crippen molar-refractivity contribution in [2.24, 2.45) is 0 Å². The number of hydrogen-bond donors (Lipinski definition) is 0. The number of benzene rings is 1. The van der Waals surface area contributed by atoms with Crippen LogP contribution in [0.2, 0.25) is 0 Å². The van der Waals surface area contributed by atoms with Crippen LogP contribution in [-0.2, 0) is 4.74 Å². The Kier molecular flexibility index (Phi) is 4.05. The predicted octanol–water partition coefficient (Wildman–Crippen LogP) is 2.83. The van der Waals surface area contributed by atoms with Crippen LogP contribution in [0.3, 0.4) is 0 Å². The molecule has 6 nitrogen and oxygen atoms in total. The minimum Gasteiger partial charge on any atom is -0.462 e. The molecule has 0 N–H and O–H groups in total. The second kappa shape index (κ2) is 5.92. The topological polar surface area (TPSA) is 82.3 Å². The summed E-state index contributed by atoms with van der Waals surface area (Å²) < 4.78 is 4.89. The molecule has 0 fully saturated rings. The second-order valence-electron chi connectivity index (χ2n) is 3.95. The first kappa shape index (κ1) is 13.7. The third-order valence-corrected chi connectivity index (χ3v) is 2.68. The lowest BCUT2D eigenvalue weighted by molar-refractivity contribution is -0.384. The largest absolute Gasteiger partial charge is 0.462 e. The number of ether oxygens (including phenoxy) is 1. The van der Waals surface area contributed by atoms with E-state index in [0.717, 1.165) is 0 Å². The van der Waals surface area contributed by atoms with Gasteiger partial charge in [0.25, 0.3) is 5.69 Å². The summed E-state index contributed by atoms with van der Waals surface area (Å²) in [4.78, 5) is 26.2. The highest BCUT2D eigenvalue weighted by Crippen LogP contribution is 2.30. The Morgan fingerprint density at radius 2 is 2.20 bits per heavy atom. The number of pyridine rings is 1. The van der Waals surface area contributed by atoms with Crippen molar-refractivity contribution < 1.29 is 14.5 Å². The van der Waals surface area contributed by atoms with Crippen LogP contribution in [0.5, 0.6) is 0 Å². The van der Waals surface area contributed by atoms with Crippen LogP contribution in [0.15, 0.2) is 42.7 Å². The molecular formula is C14H12N2O4. The van der Waals surface area contributed by atoms with Gasteiger partial charge in [-0.2, -0.15) is 0 Å². The molecule has 0 unspecified atom stereocenters. The van der Waals surface area contributed by atoms with Gasteiger partial charge in [0.05, 0.1) is 22.7 Å². The lowest BCUT2D eigenvalue weighted by atomic mass is 10.0. The van der Waals surface area contributed by atoms with Crippen molar-refractivity contribution in [3.8, 4) is 11.1 Å². The van der Waals surface area contributed by atoms with E-state index in [0.29, 0.717) is 11.1 Å². The third-order valence-electron chi connectivity index (χ3n) is 2.68. The Bertz CT molecular complexity index is 641. The number of nitro benzene ring substituents is 1. The molecule has 0 saturated heterocycles. The van der Waals surface area contributed by atoms with Gasteiger partial charge in [0, 0.05) is 24.0 Å². The van der Waals surface area contributed by atoms with E-state index in [-0.39, 0.29) is 17.9 Å². The third kappa shape index (κ3) is 2.80. The maximum atomic E-state index is 11.7. The molecule has 0 bridgehead atoms. The minimum atomic E-state index is -0.507. The molecule has 0 amide bonds. The first-order valence-corrected chi connectivity index (χ1v) is 5.99. The van der Waals surface area contributed by atoms with Gasteiger partial charge in [0.2, 0.25) is 0 Å². The van der Waals surface area contributed by atoms with E-state index in [2.05, 4.69) is 4.98 Å². The minimum absolute atomic E-state index is 0.0777. The van der Waals surface area contributed by atoms with E-state index in [1.807, 2.05) is 0 Å². The van der Waals surface area contributed by atoms with Crippen LogP contribution in [0, 0.1) is 10.1 Å². The van der Waals surface area contributed by atoms with Crippen LogP contribution in [0.4, 0.5) is 5.69 Å². The molecule has 2 rings (SSSR count). The van der Waals surface area contributed by atoms with Crippen molar-refractivity contribution in [1.29, 1.82) is 0 Å². The van der Waals surface area contributed by atoms with Gasteiger partial charge >= 0.3 is 5.97 Å². The number of hydrogen-bond acceptors (Lipinski definition) is 5. The molecule has 102 valence electrons. The molecule has 0 saturated carbocycles. The summed E-state index contributed by atoms with van der Waals surface area (Å²) in [5, 5.41) is 11.1. The molecule has 0 atom stereocenters. The van der Waals surface area contributed by atoms with Crippen molar-refractivity contribution in [2.45, 2.75) is 6.92 Å². The molecule has 0 aliphatic carbocycles. The molecule has 0 radical (unpaired) electrons. The zero-order valence-electron chi connectivity index (χ0n) is 10.8. The van der Waals surface area contributed by atoms with Gasteiger partial charge in [-0.15, -0.1) is 0 Å². The van der Waals surface area contributed by atoms with Gasteiger partial charge in [-0.1, -0.05) is 6.07 Å². The summed E-state index contributed by atoms with van der Waals surface area (Å²) in [6.07, 6.45) is 3.09. The Balaban J connectivity index is 2.54. The molecule has 6 heteroatoms. The molecule has 2 aromatic rings. The van der Waals surface area contributed by atoms with Crippen LogP contribution in [-0.4, -0.2) is 22.5 Å². The number of nitrogens with zero attached hydrogens (tertiary/aromatic N) is 2. The highest BCUT2D eigenvalue weighted by atomic mass is 16.6. The van der Waals surface area contributed by atoms with Crippen molar-refractivity contribution >= 4 is 11.7 Å². The zero-order chi connectivity index (χ0) is 14.5. The number of esters is 1. The maximum absolute atomic E-state index is 11.7. The van der Waals surface area contributed by atoms with Gasteiger partial charge in [-0.05, 0) is 25.1 Å². The lowest BCUT2D eigenvalue weighted by Crippen LogP contribution is -2.05. The summed E-state index contributed by atoms with van der Waals surface area (Å²) in [6.45, 7) is 1.95. The second-order valence-corrected chi connectivity index (χ2v) is 3.95. The van der Waals surface area contributed by atoms with Crippen molar-refractivity contribution in [3.05, 3.63) is 58.4 Å². The number of nitro groups is 1. The fraction of sp³-hybridized carbons (Fsp3) is 0.143. The van der Waals surface area contributed by atoms with Gasteiger partial charge in [0.1, 0.15) is 0 Å². The highest BCUT2D eigenvalue weighted by molar-refractivity contribution is 5.92. The van der Waals surface area contributed by atoms with Crippen LogP contribution < -0.4 is 0 Å². The van der Waals surface area contributed by atoms with E-state index >= 15 is 0 Å². The Morgan fingerprint density at radius 1 is 1.40 bits per heavy atom. The average molecular weight is 272 g/mol. The summed E-state index contributed by atoms with van der Waals surface area (Å²) in [6, 6.07) is 7.51. The number of carbonyl (C=O) groups is 1. The molecule has 20 heavy (non-hydrogen) atoms. The van der Waals surface area contributed by atoms with Crippen LogP contribution >= 0.6 is 0 Å². The van der Waals surface area contributed by atoms with Gasteiger partial charge in [0.15, 0.2) is 0 Å². The van der Waals surface area contributed by atoms with E-state index < -0.39 is 10.9 Å². The number of carbonyl (C=O) groups excluding carboxylic acids is 1. The number of rotatable bonds is 4. The quantitative estimate of drug-likeness (QED) is 0.485. The molecular weight excluding hydrogens is 260 g/mol. The fourth-order valence-corrected chi connectivity index (χ4v) is 1.79. The maximum Gasteiger partial charge on any atom is 0.338 e. The first-order chi connectivity index (χ1) is 9.63. The summed E-state index contributed by atoms with van der Waals surface area (Å²) in [7, 11) is 0. The number of aromatic nitrogens is 1. The van der Waals surface area contributed by atoms with E-state index in [4.69, 9.17) is 4.74 Å². The van der Waals surface area contributed by atoms with E-state index in [1.54, 1.807) is 25.3 Å². The molecule has 0 spiro atoms. The Labute approximate surface area is 115 Å². The molecule has 1 aromatic carbocycles. The Hall–Kier alpha value is -2.76. The average Bonchev–Trinajstić information content (AvgIpc) is 2.47. The smallest absolute Gasteiger partial charge is 0.338 e. The van der Waals surface area contributed by atoms with Gasteiger partial charge in [-0.25, -0.2) is 4.79 Å². The van der Waals surface area contributed by atoms with Crippen molar-refractivity contribution in [1.82, 2.24) is 4.98 Å². The lowest BCUT2D eigenvalue weighted by Gasteiger charge is -2.06.